The number of amides is 1. The largest absolute Gasteiger partial charge is 0.494 e. The van der Waals surface area contributed by atoms with Crippen molar-refractivity contribution >= 4 is 28.2 Å². The quantitative estimate of drug-likeness (QED) is 0.326. The van der Waals surface area contributed by atoms with Gasteiger partial charge in [-0.2, -0.15) is 0 Å². The lowest BCUT2D eigenvalue weighted by molar-refractivity contribution is -0.384. The van der Waals surface area contributed by atoms with Crippen LogP contribution in [0.3, 0.4) is 0 Å². The number of methoxy groups -OCH3 is 1. The number of hydrogen-bond acceptors (Lipinski definition) is 5. The third kappa shape index (κ3) is 4.00. The summed E-state index contributed by atoms with van der Waals surface area (Å²) in [5, 5.41) is 14.6. The van der Waals surface area contributed by atoms with Gasteiger partial charge in [-0.1, -0.05) is 42.0 Å². The first-order chi connectivity index (χ1) is 15.4. The van der Waals surface area contributed by atoms with E-state index in [-0.39, 0.29) is 17.3 Å². The first-order valence-electron chi connectivity index (χ1n) is 9.98. The monoisotopic (exact) mass is 427 g/mol. The smallest absolute Gasteiger partial charge is 0.273 e. The highest BCUT2D eigenvalue weighted by atomic mass is 16.6. The van der Waals surface area contributed by atoms with Crippen LogP contribution in [0.2, 0.25) is 0 Å². The van der Waals surface area contributed by atoms with Gasteiger partial charge in [0.25, 0.3) is 11.6 Å². The van der Waals surface area contributed by atoms with Crippen molar-refractivity contribution in [3.8, 4) is 17.0 Å². The fraction of sp³-hybridized carbons (Fsp3) is 0.120. The first-order valence-corrected chi connectivity index (χ1v) is 9.98. The zero-order valence-corrected chi connectivity index (χ0v) is 17.9. The lowest BCUT2D eigenvalue weighted by atomic mass is 9.99. The Hall–Kier alpha value is -4.26. The molecule has 7 nitrogen and oxygen atoms in total. The molecule has 0 bridgehead atoms. The molecule has 0 unspecified atom stereocenters. The van der Waals surface area contributed by atoms with Crippen molar-refractivity contribution in [1.82, 2.24) is 4.98 Å². The molecule has 0 aliphatic carbocycles. The van der Waals surface area contributed by atoms with Crippen LogP contribution in [0.1, 0.15) is 21.5 Å². The molecule has 3 aromatic carbocycles. The average Bonchev–Trinajstić information content (AvgIpc) is 2.78. The number of benzene rings is 3. The number of aromatic nitrogens is 1. The van der Waals surface area contributed by atoms with Crippen molar-refractivity contribution in [2.24, 2.45) is 0 Å². The Bertz CT molecular complexity index is 1360. The van der Waals surface area contributed by atoms with Crippen molar-refractivity contribution in [3.05, 3.63) is 93.5 Å². The van der Waals surface area contributed by atoms with Crippen LogP contribution in [-0.4, -0.2) is 22.9 Å². The number of carbonyl (C=O) groups is 1. The van der Waals surface area contributed by atoms with Gasteiger partial charge < -0.3 is 10.1 Å². The number of hydrogen-bond donors (Lipinski definition) is 1. The molecule has 0 aliphatic rings. The molecule has 1 heterocycles. The Labute approximate surface area is 184 Å². The summed E-state index contributed by atoms with van der Waals surface area (Å²) in [5.74, 6) is -0.151. The molecular weight excluding hydrogens is 406 g/mol. The van der Waals surface area contributed by atoms with Gasteiger partial charge in [0.05, 0.1) is 40.6 Å². The summed E-state index contributed by atoms with van der Waals surface area (Å²) in [6.07, 6.45) is 0. The first kappa shape index (κ1) is 21.0. The standard InChI is InChI=1S/C25H21N3O4/c1-15-8-10-18(16(2)12-15)23-14-20(19-6-4-5-7-21(19)26-23)25(29)27-22-11-9-17(28(30)31)13-24(22)32-3/h4-14H,1-3H3,(H,27,29). The van der Waals surface area contributed by atoms with Crippen molar-refractivity contribution in [2.75, 3.05) is 12.4 Å². The van der Waals surface area contributed by atoms with E-state index in [9.17, 15) is 14.9 Å². The fourth-order valence-corrected chi connectivity index (χ4v) is 3.69. The lowest BCUT2D eigenvalue weighted by Gasteiger charge is -2.13. The number of rotatable bonds is 5. The van der Waals surface area contributed by atoms with Gasteiger partial charge in [0, 0.05) is 17.0 Å². The molecule has 160 valence electrons. The van der Waals surface area contributed by atoms with Gasteiger partial charge >= 0.3 is 0 Å². The van der Waals surface area contributed by atoms with Crippen molar-refractivity contribution in [3.63, 3.8) is 0 Å². The van der Waals surface area contributed by atoms with Gasteiger partial charge in [-0.3, -0.25) is 14.9 Å². The third-order valence-electron chi connectivity index (χ3n) is 5.26. The Morgan fingerprint density at radius 3 is 2.53 bits per heavy atom. The molecule has 4 rings (SSSR count). The van der Waals surface area contributed by atoms with Gasteiger partial charge in [0.2, 0.25) is 0 Å². The number of nitro benzene ring substituents is 1. The van der Waals surface area contributed by atoms with Gasteiger partial charge in [-0.05, 0) is 37.6 Å². The normalized spacial score (nSPS) is 10.7. The number of anilines is 1. The molecule has 0 spiro atoms. The van der Waals surface area contributed by atoms with Crippen LogP contribution in [-0.2, 0) is 0 Å². The average molecular weight is 427 g/mol. The maximum Gasteiger partial charge on any atom is 0.273 e. The number of ether oxygens (including phenoxy) is 1. The molecule has 0 radical (unpaired) electrons. The molecular formula is C25H21N3O4. The Morgan fingerprint density at radius 1 is 1.03 bits per heavy atom. The van der Waals surface area contributed by atoms with E-state index < -0.39 is 4.92 Å². The second kappa shape index (κ2) is 8.47. The van der Waals surface area contributed by atoms with E-state index in [1.807, 2.05) is 50.2 Å². The molecule has 1 N–H and O–H groups in total. The maximum absolute atomic E-state index is 13.3. The zero-order valence-electron chi connectivity index (χ0n) is 17.9. The van der Waals surface area contributed by atoms with Crippen molar-refractivity contribution in [1.29, 1.82) is 0 Å². The third-order valence-corrected chi connectivity index (χ3v) is 5.26. The van der Waals surface area contributed by atoms with E-state index in [1.165, 1.54) is 25.3 Å². The molecule has 0 saturated carbocycles. The fourth-order valence-electron chi connectivity index (χ4n) is 3.69. The van der Waals surface area contributed by atoms with Crippen LogP contribution in [0.15, 0.2) is 66.7 Å². The van der Waals surface area contributed by atoms with Gasteiger partial charge in [-0.15, -0.1) is 0 Å². The summed E-state index contributed by atoms with van der Waals surface area (Å²) in [6.45, 7) is 4.04. The minimum absolute atomic E-state index is 0.119. The summed E-state index contributed by atoms with van der Waals surface area (Å²) in [5.41, 5.74) is 5.23. The molecule has 4 aromatic rings. The number of aryl methyl sites for hydroxylation is 2. The highest BCUT2D eigenvalue weighted by Gasteiger charge is 2.18. The summed E-state index contributed by atoms with van der Waals surface area (Å²) >= 11 is 0. The number of nitrogens with one attached hydrogen (secondary N) is 1. The van der Waals surface area contributed by atoms with Crippen LogP contribution in [0, 0.1) is 24.0 Å². The summed E-state index contributed by atoms with van der Waals surface area (Å²) in [6, 6.07) is 19.4. The zero-order chi connectivity index (χ0) is 22.8. The summed E-state index contributed by atoms with van der Waals surface area (Å²) < 4.78 is 5.25. The number of carbonyl (C=O) groups excluding carboxylic acids is 1. The molecule has 0 atom stereocenters. The van der Waals surface area contributed by atoms with Crippen LogP contribution in [0.4, 0.5) is 11.4 Å². The minimum Gasteiger partial charge on any atom is -0.494 e. The van der Waals surface area contributed by atoms with E-state index in [1.54, 1.807) is 6.07 Å². The van der Waals surface area contributed by atoms with Crippen LogP contribution in [0.5, 0.6) is 5.75 Å². The Balaban J connectivity index is 1.80. The number of fused-ring (bicyclic) bond motifs is 1. The molecule has 32 heavy (non-hydrogen) atoms. The lowest BCUT2D eigenvalue weighted by Crippen LogP contribution is -2.14. The molecule has 1 amide bonds. The van der Waals surface area contributed by atoms with E-state index in [0.717, 1.165) is 16.7 Å². The number of nitro groups is 1. The number of non-ortho nitro benzene ring substituents is 1. The van der Waals surface area contributed by atoms with E-state index >= 15 is 0 Å². The molecule has 1 aromatic heterocycles. The second-order valence-electron chi connectivity index (χ2n) is 7.49. The summed E-state index contributed by atoms with van der Waals surface area (Å²) in [4.78, 5) is 28.6. The highest BCUT2D eigenvalue weighted by molar-refractivity contribution is 6.13. The Kier molecular flexibility index (Phi) is 5.55. The van der Waals surface area contributed by atoms with Gasteiger partial charge in [-0.25, -0.2) is 4.98 Å². The van der Waals surface area contributed by atoms with Crippen LogP contribution >= 0.6 is 0 Å². The maximum atomic E-state index is 13.3. The topological polar surface area (TPSA) is 94.4 Å². The van der Waals surface area contributed by atoms with Gasteiger partial charge in [0.1, 0.15) is 5.75 Å². The number of pyridine rings is 1. The van der Waals surface area contributed by atoms with E-state index in [2.05, 4.69) is 11.4 Å². The summed E-state index contributed by atoms with van der Waals surface area (Å²) in [7, 11) is 1.40. The van der Waals surface area contributed by atoms with Crippen LogP contribution < -0.4 is 10.1 Å². The van der Waals surface area contributed by atoms with Crippen molar-refractivity contribution < 1.29 is 14.5 Å². The predicted molar refractivity (Wildman–Crippen MR) is 124 cm³/mol. The van der Waals surface area contributed by atoms with Gasteiger partial charge in [0.15, 0.2) is 0 Å². The minimum atomic E-state index is -0.513. The van der Waals surface area contributed by atoms with E-state index in [4.69, 9.17) is 9.72 Å². The predicted octanol–water partition coefficient (Wildman–Crippen LogP) is 5.69. The molecule has 0 fully saturated rings. The SMILES string of the molecule is COc1cc([N+](=O)[O-])ccc1NC(=O)c1cc(-c2ccc(C)cc2C)nc2ccccc12. The molecule has 0 saturated heterocycles. The number of para-hydroxylation sites is 1. The Morgan fingerprint density at radius 2 is 1.81 bits per heavy atom. The number of nitrogens with zero attached hydrogens (tertiary/aromatic N) is 2. The molecule has 0 aliphatic heterocycles. The second-order valence-corrected chi connectivity index (χ2v) is 7.49. The van der Waals surface area contributed by atoms with E-state index in [0.29, 0.717) is 27.8 Å². The highest BCUT2D eigenvalue weighted by Crippen LogP contribution is 2.31. The van der Waals surface area contributed by atoms with Crippen molar-refractivity contribution in [2.45, 2.75) is 13.8 Å². The van der Waals surface area contributed by atoms with Crippen LogP contribution in [0.25, 0.3) is 22.2 Å². The molecule has 7 heteroatoms.